The topological polar surface area (TPSA) is 89.9 Å². The molecule has 6 nitrogen and oxygen atoms in total. The average Bonchev–Trinajstić information content (AvgIpc) is 3.61. The second-order valence-corrected chi connectivity index (χ2v) is 9.62. The van der Waals surface area contributed by atoms with Gasteiger partial charge in [-0.3, -0.25) is 9.69 Å². The van der Waals surface area contributed by atoms with Crippen molar-refractivity contribution >= 4 is 11.9 Å². The third-order valence-electron chi connectivity index (χ3n) is 7.64. The van der Waals surface area contributed by atoms with E-state index in [4.69, 9.17) is 15.5 Å². The minimum absolute atomic E-state index is 0.00935. The van der Waals surface area contributed by atoms with E-state index in [1.54, 1.807) is 7.05 Å². The summed E-state index contributed by atoms with van der Waals surface area (Å²) in [7, 11) is 1.73. The summed E-state index contributed by atoms with van der Waals surface area (Å²) in [4.78, 5) is 19.9. The molecule has 0 saturated carbocycles. The summed E-state index contributed by atoms with van der Waals surface area (Å²) in [5.74, 6) is 0.303. The molecule has 31 heavy (non-hydrogen) atoms. The highest BCUT2D eigenvalue weighted by Crippen LogP contribution is 2.54. The first kappa shape index (κ1) is 19.0. The monoisotopic (exact) mass is 416 g/mol. The highest BCUT2D eigenvalue weighted by molar-refractivity contribution is 6.07. The molecule has 2 atom stereocenters. The number of amides is 1. The molecular formula is C25H28N4O2. The Labute approximate surface area is 182 Å². The van der Waals surface area contributed by atoms with E-state index in [1.165, 1.54) is 21.6 Å². The van der Waals surface area contributed by atoms with Gasteiger partial charge in [-0.1, -0.05) is 30.3 Å². The van der Waals surface area contributed by atoms with Gasteiger partial charge in [-0.25, -0.2) is 4.99 Å². The summed E-state index contributed by atoms with van der Waals surface area (Å²) < 4.78 is 5.66. The molecule has 6 rings (SSSR count). The number of ether oxygens (including phenoxy) is 1. The molecule has 0 bridgehead atoms. The van der Waals surface area contributed by atoms with Crippen LogP contribution < -0.4 is 11.1 Å². The Morgan fingerprint density at radius 2 is 1.94 bits per heavy atom. The van der Waals surface area contributed by atoms with E-state index in [-0.39, 0.29) is 11.3 Å². The minimum atomic E-state index is -0.921. The molecule has 4 aliphatic rings. The molecule has 6 heteroatoms. The molecule has 2 spiro atoms. The van der Waals surface area contributed by atoms with Gasteiger partial charge >= 0.3 is 0 Å². The lowest BCUT2D eigenvalue weighted by Crippen LogP contribution is -2.49. The van der Waals surface area contributed by atoms with Gasteiger partial charge in [0.1, 0.15) is 0 Å². The number of rotatable bonds is 2. The predicted octanol–water partition coefficient (Wildman–Crippen LogP) is 2.72. The average molecular weight is 417 g/mol. The fraction of sp³-hybridized carbons (Fsp3) is 0.440. The van der Waals surface area contributed by atoms with Crippen LogP contribution in [0, 0.1) is 5.41 Å². The van der Waals surface area contributed by atoms with Gasteiger partial charge in [-0.05, 0) is 71.0 Å². The molecule has 0 aromatic heterocycles. The van der Waals surface area contributed by atoms with Crippen LogP contribution in [-0.4, -0.2) is 43.6 Å². The quantitative estimate of drug-likeness (QED) is 0.737. The second-order valence-electron chi connectivity index (χ2n) is 9.62. The van der Waals surface area contributed by atoms with E-state index >= 15 is 0 Å². The summed E-state index contributed by atoms with van der Waals surface area (Å²) in [6, 6.07) is 15.7. The molecule has 2 fully saturated rings. The standard InChI is InChI=1S/C25H28N4O2/c1-29-22(30)25(28-23(29)26)15-24(7-9-31-10-8-24)13-19-6-5-17(12-20(19)25)16-3-2-4-18(11-16)21-14-27-21/h2-6,11-12,21,27H,7-10,13-15H2,1H3,(H2,26,28). The van der Waals surface area contributed by atoms with Gasteiger partial charge in [-0.15, -0.1) is 0 Å². The molecule has 2 unspecified atom stereocenters. The highest BCUT2D eigenvalue weighted by Gasteiger charge is 2.56. The number of nitrogens with two attached hydrogens (primary N) is 1. The van der Waals surface area contributed by atoms with E-state index in [9.17, 15) is 4.79 Å². The number of hydrogen-bond donors (Lipinski definition) is 2. The van der Waals surface area contributed by atoms with Crippen molar-refractivity contribution in [2.75, 3.05) is 26.8 Å². The number of nitrogens with one attached hydrogen (secondary N) is 1. The van der Waals surface area contributed by atoms with Crippen LogP contribution in [0.1, 0.15) is 42.0 Å². The van der Waals surface area contributed by atoms with Crippen molar-refractivity contribution in [2.24, 2.45) is 16.1 Å². The fourth-order valence-corrected chi connectivity index (χ4v) is 5.78. The predicted molar refractivity (Wildman–Crippen MR) is 119 cm³/mol. The molecule has 160 valence electrons. The van der Waals surface area contributed by atoms with Crippen molar-refractivity contribution in [3.63, 3.8) is 0 Å². The van der Waals surface area contributed by atoms with Gasteiger partial charge in [0.05, 0.1) is 0 Å². The number of carbonyl (C=O) groups is 1. The zero-order valence-corrected chi connectivity index (χ0v) is 17.9. The largest absolute Gasteiger partial charge is 0.381 e. The van der Waals surface area contributed by atoms with Crippen molar-refractivity contribution in [2.45, 2.75) is 37.3 Å². The Hall–Kier alpha value is -2.70. The van der Waals surface area contributed by atoms with E-state index in [0.29, 0.717) is 18.4 Å². The Balaban J connectivity index is 1.49. The first-order chi connectivity index (χ1) is 15.0. The van der Waals surface area contributed by atoms with Crippen molar-refractivity contribution < 1.29 is 9.53 Å². The van der Waals surface area contributed by atoms with Crippen LogP contribution in [0.5, 0.6) is 0 Å². The summed E-state index contributed by atoms with van der Waals surface area (Å²) in [6.45, 7) is 2.53. The lowest BCUT2D eigenvalue weighted by Gasteiger charge is -2.47. The number of likely N-dealkylation sites (N-methyl/N-ethyl adjacent to an activating group) is 1. The van der Waals surface area contributed by atoms with Crippen molar-refractivity contribution in [3.8, 4) is 11.1 Å². The molecule has 2 aromatic rings. The molecule has 3 aliphatic heterocycles. The Morgan fingerprint density at radius 1 is 1.16 bits per heavy atom. The molecule has 3 heterocycles. The van der Waals surface area contributed by atoms with Gasteiger partial charge in [0.2, 0.25) is 0 Å². The second kappa shape index (κ2) is 6.65. The van der Waals surface area contributed by atoms with Crippen molar-refractivity contribution in [1.29, 1.82) is 0 Å². The van der Waals surface area contributed by atoms with Gasteiger partial charge in [0.15, 0.2) is 11.5 Å². The van der Waals surface area contributed by atoms with Crippen molar-refractivity contribution in [3.05, 3.63) is 59.2 Å². The molecule has 0 radical (unpaired) electrons. The Bertz CT molecular complexity index is 1100. The zero-order valence-electron chi connectivity index (χ0n) is 17.9. The van der Waals surface area contributed by atoms with Gasteiger partial charge in [0.25, 0.3) is 5.91 Å². The van der Waals surface area contributed by atoms with Crippen LogP contribution >= 0.6 is 0 Å². The molecular weight excluding hydrogens is 388 g/mol. The number of nitrogens with zero attached hydrogens (tertiary/aromatic N) is 2. The van der Waals surface area contributed by atoms with Crippen LogP contribution in [-0.2, 0) is 21.5 Å². The molecule has 3 N–H and O–H groups in total. The van der Waals surface area contributed by atoms with Crippen LogP contribution in [0.15, 0.2) is 47.5 Å². The first-order valence-electron chi connectivity index (χ1n) is 11.2. The molecule has 1 amide bonds. The SMILES string of the molecule is CN1C(=O)C2(CC3(CCOCC3)Cc3ccc(-c4cccc(C5CN5)c4)cc32)N=C1N. The van der Waals surface area contributed by atoms with E-state index in [1.807, 2.05) is 0 Å². The number of hydrogen-bond acceptors (Lipinski definition) is 5. The summed E-state index contributed by atoms with van der Waals surface area (Å²) >= 11 is 0. The Kier molecular flexibility index (Phi) is 4.08. The zero-order chi connectivity index (χ0) is 21.2. The van der Waals surface area contributed by atoms with Crippen molar-refractivity contribution in [1.82, 2.24) is 10.2 Å². The van der Waals surface area contributed by atoms with E-state index in [0.717, 1.165) is 50.1 Å². The number of benzene rings is 2. The third-order valence-corrected chi connectivity index (χ3v) is 7.64. The highest BCUT2D eigenvalue weighted by atomic mass is 16.5. The number of aliphatic imine (C=N–C) groups is 1. The number of carbonyl (C=O) groups excluding carboxylic acids is 1. The number of guanidine groups is 1. The smallest absolute Gasteiger partial charge is 0.261 e. The maximum absolute atomic E-state index is 13.6. The third kappa shape index (κ3) is 2.92. The van der Waals surface area contributed by atoms with Gasteiger partial charge in [-0.2, -0.15) is 0 Å². The van der Waals surface area contributed by atoms with Crippen LogP contribution in [0.4, 0.5) is 0 Å². The van der Waals surface area contributed by atoms with Gasteiger partial charge in [0, 0.05) is 32.8 Å². The van der Waals surface area contributed by atoms with Crippen LogP contribution in [0.2, 0.25) is 0 Å². The van der Waals surface area contributed by atoms with E-state index < -0.39 is 5.54 Å². The van der Waals surface area contributed by atoms with Crippen LogP contribution in [0.25, 0.3) is 11.1 Å². The maximum Gasteiger partial charge on any atom is 0.261 e. The normalized spacial score (nSPS) is 28.7. The minimum Gasteiger partial charge on any atom is -0.381 e. The van der Waals surface area contributed by atoms with Crippen LogP contribution in [0.3, 0.4) is 0 Å². The van der Waals surface area contributed by atoms with E-state index in [2.05, 4.69) is 47.8 Å². The summed E-state index contributed by atoms with van der Waals surface area (Å²) in [5, 5.41) is 3.38. The first-order valence-corrected chi connectivity index (χ1v) is 11.2. The lowest BCUT2D eigenvalue weighted by molar-refractivity contribution is -0.133. The Morgan fingerprint density at radius 3 is 2.65 bits per heavy atom. The molecule has 1 aliphatic carbocycles. The maximum atomic E-state index is 13.6. The molecule has 2 aromatic carbocycles. The number of fused-ring (bicyclic) bond motifs is 2. The summed E-state index contributed by atoms with van der Waals surface area (Å²) in [6.07, 6.45) is 3.58. The summed E-state index contributed by atoms with van der Waals surface area (Å²) in [5.41, 5.74) is 11.1. The fourth-order valence-electron chi connectivity index (χ4n) is 5.78. The molecule has 2 saturated heterocycles. The lowest BCUT2D eigenvalue weighted by atomic mass is 9.60. The van der Waals surface area contributed by atoms with Gasteiger partial charge < -0.3 is 15.8 Å².